The molecule has 120 valence electrons. The zero-order valence-corrected chi connectivity index (χ0v) is 13.3. The monoisotopic (exact) mass is 303 g/mol. The molecule has 1 aromatic rings. The number of rotatable bonds is 3. The summed E-state index contributed by atoms with van der Waals surface area (Å²) >= 11 is 0. The van der Waals surface area contributed by atoms with E-state index in [-0.39, 0.29) is 5.91 Å². The molecule has 5 heteroatoms. The fourth-order valence-corrected chi connectivity index (χ4v) is 3.21. The van der Waals surface area contributed by atoms with Gasteiger partial charge in [-0.25, -0.2) is 0 Å². The molecule has 2 aliphatic heterocycles. The van der Waals surface area contributed by atoms with Crippen molar-refractivity contribution < 1.29 is 9.53 Å². The second kappa shape index (κ2) is 7.22. The first-order valence-corrected chi connectivity index (χ1v) is 8.07. The standard InChI is InChI=1S/C17H25N3O2/c1-18-7-8-19(13-16(18)15-5-3-2-4-6-15)14-17(21)20-9-11-22-12-10-20/h2-6,16H,7-14H2,1H3/t16-/m0/s1. The molecule has 0 aliphatic carbocycles. The van der Waals surface area contributed by atoms with E-state index in [9.17, 15) is 4.79 Å². The van der Waals surface area contributed by atoms with Crippen molar-refractivity contribution in [2.75, 3.05) is 59.5 Å². The maximum Gasteiger partial charge on any atom is 0.236 e. The van der Waals surface area contributed by atoms with Crippen LogP contribution in [0.2, 0.25) is 0 Å². The molecule has 0 radical (unpaired) electrons. The summed E-state index contributed by atoms with van der Waals surface area (Å²) in [6.45, 7) is 6.19. The van der Waals surface area contributed by atoms with E-state index < -0.39 is 0 Å². The van der Waals surface area contributed by atoms with Gasteiger partial charge in [0.1, 0.15) is 0 Å². The number of nitrogens with zero attached hydrogens (tertiary/aromatic N) is 3. The van der Waals surface area contributed by atoms with Crippen LogP contribution in [0.5, 0.6) is 0 Å². The maximum absolute atomic E-state index is 12.4. The lowest BCUT2D eigenvalue weighted by Crippen LogP contribution is -2.51. The molecule has 2 fully saturated rings. The Kier molecular flexibility index (Phi) is 5.08. The van der Waals surface area contributed by atoms with Gasteiger partial charge in [0, 0.05) is 38.8 Å². The van der Waals surface area contributed by atoms with E-state index in [1.54, 1.807) is 0 Å². The molecule has 2 aliphatic rings. The first-order chi connectivity index (χ1) is 10.7. The molecule has 0 aromatic heterocycles. The SMILES string of the molecule is CN1CCN(CC(=O)N2CCOCC2)C[C@H]1c1ccccc1. The highest BCUT2D eigenvalue weighted by Crippen LogP contribution is 2.23. The average molecular weight is 303 g/mol. The Bertz CT molecular complexity index is 488. The van der Waals surface area contributed by atoms with Gasteiger partial charge in [0.05, 0.1) is 19.8 Å². The van der Waals surface area contributed by atoms with Gasteiger partial charge >= 0.3 is 0 Å². The van der Waals surface area contributed by atoms with Gasteiger partial charge in [0.2, 0.25) is 5.91 Å². The molecular weight excluding hydrogens is 278 g/mol. The predicted molar refractivity (Wildman–Crippen MR) is 85.7 cm³/mol. The van der Waals surface area contributed by atoms with Gasteiger partial charge in [-0.3, -0.25) is 14.6 Å². The third-order valence-electron chi connectivity index (χ3n) is 4.64. The Balaban J connectivity index is 1.59. The number of hydrogen-bond donors (Lipinski definition) is 0. The van der Waals surface area contributed by atoms with Crippen LogP contribution in [0.4, 0.5) is 0 Å². The lowest BCUT2D eigenvalue weighted by atomic mass is 10.0. The third-order valence-corrected chi connectivity index (χ3v) is 4.64. The molecule has 0 N–H and O–H groups in total. The Morgan fingerprint density at radius 1 is 1.14 bits per heavy atom. The number of benzene rings is 1. The van der Waals surface area contributed by atoms with Gasteiger partial charge in [-0.1, -0.05) is 30.3 Å². The Hall–Kier alpha value is -1.43. The third kappa shape index (κ3) is 3.66. The number of amides is 1. The zero-order chi connectivity index (χ0) is 15.4. The maximum atomic E-state index is 12.4. The van der Waals surface area contributed by atoms with Crippen molar-refractivity contribution >= 4 is 5.91 Å². The summed E-state index contributed by atoms with van der Waals surface area (Å²) in [5.41, 5.74) is 1.33. The minimum Gasteiger partial charge on any atom is -0.378 e. The number of hydrogen-bond acceptors (Lipinski definition) is 4. The van der Waals surface area contributed by atoms with E-state index >= 15 is 0 Å². The number of likely N-dealkylation sites (N-methyl/N-ethyl adjacent to an activating group) is 1. The summed E-state index contributed by atoms with van der Waals surface area (Å²) in [4.78, 5) is 19.0. The van der Waals surface area contributed by atoms with Crippen molar-refractivity contribution in [2.45, 2.75) is 6.04 Å². The van der Waals surface area contributed by atoms with Crippen LogP contribution in [0.15, 0.2) is 30.3 Å². The fraction of sp³-hybridized carbons (Fsp3) is 0.588. The normalized spacial score (nSPS) is 24.4. The van der Waals surface area contributed by atoms with Crippen molar-refractivity contribution in [3.8, 4) is 0 Å². The molecule has 2 saturated heterocycles. The lowest BCUT2D eigenvalue weighted by molar-refractivity contribution is -0.137. The summed E-state index contributed by atoms with van der Waals surface area (Å²) in [5.74, 6) is 0.236. The Morgan fingerprint density at radius 2 is 1.86 bits per heavy atom. The molecule has 22 heavy (non-hydrogen) atoms. The molecule has 1 aromatic carbocycles. The van der Waals surface area contributed by atoms with Crippen molar-refractivity contribution in [3.05, 3.63) is 35.9 Å². The average Bonchev–Trinajstić information content (AvgIpc) is 2.58. The molecule has 1 atom stereocenters. The summed E-state index contributed by atoms with van der Waals surface area (Å²) < 4.78 is 5.31. The van der Waals surface area contributed by atoms with E-state index in [0.717, 1.165) is 32.7 Å². The molecule has 2 heterocycles. The van der Waals surface area contributed by atoms with E-state index in [1.807, 2.05) is 11.0 Å². The molecule has 0 saturated carbocycles. The van der Waals surface area contributed by atoms with Crippen LogP contribution in [0, 0.1) is 0 Å². The van der Waals surface area contributed by atoms with Crippen molar-refractivity contribution in [1.82, 2.24) is 14.7 Å². The predicted octanol–water partition coefficient (Wildman–Crippen LogP) is 0.834. The van der Waals surface area contributed by atoms with Gasteiger partial charge in [-0.2, -0.15) is 0 Å². The number of ether oxygens (including phenoxy) is 1. The highest BCUT2D eigenvalue weighted by atomic mass is 16.5. The molecule has 0 unspecified atom stereocenters. The number of morpholine rings is 1. The molecule has 0 bridgehead atoms. The number of piperazine rings is 1. The number of carbonyl (C=O) groups excluding carboxylic acids is 1. The van der Waals surface area contributed by atoms with Gasteiger partial charge in [-0.05, 0) is 12.6 Å². The van der Waals surface area contributed by atoms with Crippen LogP contribution in [0.25, 0.3) is 0 Å². The lowest BCUT2D eigenvalue weighted by Gasteiger charge is -2.40. The molecule has 1 amide bonds. The van der Waals surface area contributed by atoms with Crippen LogP contribution in [-0.2, 0) is 9.53 Å². The molecule has 3 rings (SSSR count). The first-order valence-electron chi connectivity index (χ1n) is 8.07. The van der Waals surface area contributed by atoms with Crippen LogP contribution in [-0.4, -0.2) is 80.1 Å². The highest BCUT2D eigenvalue weighted by Gasteiger charge is 2.28. The van der Waals surface area contributed by atoms with E-state index in [1.165, 1.54) is 5.56 Å². The van der Waals surface area contributed by atoms with Gasteiger partial charge < -0.3 is 9.64 Å². The highest BCUT2D eigenvalue weighted by molar-refractivity contribution is 5.78. The summed E-state index contributed by atoms with van der Waals surface area (Å²) in [6.07, 6.45) is 0. The van der Waals surface area contributed by atoms with E-state index in [0.29, 0.717) is 25.8 Å². The Morgan fingerprint density at radius 3 is 2.59 bits per heavy atom. The topological polar surface area (TPSA) is 36.0 Å². The molecular formula is C17H25N3O2. The minimum absolute atomic E-state index is 0.236. The van der Waals surface area contributed by atoms with Gasteiger partial charge in [0.25, 0.3) is 0 Å². The number of carbonyl (C=O) groups is 1. The van der Waals surface area contributed by atoms with Gasteiger partial charge in [-0.15, -0.1) is 0 Å². The van der Waals surface area contributed by atoms with Crippen LogP contribution in [0.3, 0.4) is 0 Å². The van der Waals surface area contributed by atoms with Crippen LogP contribution < -0.4 is 0 Å². The van der Waals surface area contributed by atoms with Crippen LogP contribution in [0.1, 0.15) is 11.6 Å². The molecule has 0 spiro atoms. The van der Waals surface area contributed by atoms with E-state index in [2.05, 4.69) is 41.1 Å². The van der Waals surface area contributed by atoms with E-state index in [4.69, 9.17) is 4.74 Å². The second-order valence-corrected chi connectivity index (χ2v) is 6.14. The first kappa shape index (κ1) is 15.5. The zero-order valence-electron chi connectivity index (χ0n) is 13.3. The summed E-state index contributed by atoms with van der Waals surface area (Å²) in [6, 6.07) is 10.9. The van der Waals surface area contributed by atoms with Crippen molar-refractivity contribution in [3.63, 3.8) is 0 Å². The molecule has 5 nitrogen and oxygen atoms in total. The van der Waals surface area contributed by atoms with Crippen molar-refractivity contribution in [2.24, 2.45) is 0 Å². The minimum atomic E-state index is 0.236. The fourth-order valence-electron chi connectivity index (χ4n) is 3.21. The quantitative estimate of drug-likeness (QED) is 0.829. The van der Waals surface area contributed by atoms with Crippen molar-refractivity contribution in [1.29, 1.82) is 0 Å². The second-order valence-electron chi connectivity index (χ2n) is 6.14. The van der Waals surface area contributed by atoms with Gasteiger partial charge in [0.15, 0.2) is 0 Å². The van der Waals surface area contributed by atoms with Crippen LogP contribution >= 0.6 is 0 Å². The summed E-state index contributed by atoms with van der Waals surface area (Å²) in [5, 5.41) is 0. The summed E-state index contributed by atoms with van der Waals surface area (Å²) in [7, 11) is 2.17. The smallest absolute Gasteiger partial charge is 0.236 e. The Labute approximate surface area is 132 Å². The largest absolute Gasteiger partial charge is 0.378 e.